The van der Waals surface area contributed by atoms with Crippen molar-refractivity contribution in [3.05, 3.63) is 46.2 Å². The molecule has 0 fully saturated rings. The van der Waals surface area contributed by atoms with E-state index in [-0.39, 0.29) is 11.9 Å². The van der Waals surface area contributed by atoms with Gasteiger partial charge in [-0.15, -0.1) is 0 Å². The highest BCUT2D eigenvalue weighted by Crippen LogP contribution is 2.28. The van der Waals surface area contributed by atoms with Crippen molar-refractivity contribution in [2.75, 3.05) is 6.61 Å². The lowest BCUT2D eigenvalue weighted by atomic mass is 9.96. The third-order valence-corrected chi connectivity index (χ3v) is 3.65. The predicted molar refractivity (Wildman–Crippen MR) is 83.2 cm³/mol. The molecule has 1 heterocycles. The molecule has 0 aliphatic rings. The molecular weight excluding hydrogens is 311 g/mol. The molecule has 0 bridgehead atoms. The molecule has 6 heteroatoms. The zero-order valence-corrected chi connectivity index (χ0v) is 13.4. The fourth-order valence-electron chi connectivity index (χ4n) is 2.14. The first-order valence-electron chi connectivity index (χ1n) is 6.73. The molecule has 1 aromatic heterocycles. The van der Waals surface area contributed by atoms with Crippen LogP contribution in [-0.4, -0.2) is 22.4 Å². The van der Waals surface area contributed by atoms with E-state index >= 15 is 0 Å². The van der Waals surface area contributed by atoms with Crippen LogP contribution >= 0.6 is 23.2 Å². The van der Waals surface area contributed by atoms with Crippen molar-refractivity contribution in [2.24, 2.45) is 0 Å². The number of halogens is 2. The second-order valence-corrected chi connectivity index (χ2v) is 5.37. The Bertz CT molecular complexity index is 640. The molecule has 0 spiro atoms. The highest BCUT2D eigenvalue weighted by Gasteiger charge is 2.21. The van der Waals surface area contributed by atoms with Crippen LogP contribution in [0.15, 0.2) is 30.6 Å². The van der Waals surface area contributed by atoms with E-state index in [0.29, 0.717) is 28.8 Å². The van der Waals surface area contributed by atoms with E-state index in [2.05, 4.69) is 5.10 Å². The van der Waals surface area contributed by atoms with Gasteiger partial charge in [-0.1, -0.05) is 36.2 Å². The van der Waals surface area contributed by atoms with Gasteiger partial charge in [0.05, 0.1) is 34.5 Å². The molecule has 0 N–H and O–H groups in total. The lowest BCUT2D eigenvalue weighted by Gasteiger charge is -2.15. The molecule has 1 unspecified atom stereocenters. The number of hydrogen-bond donors (Lipinski definition) is 0. The molecule has 0 amide bonds. The number of esters is 1. The predicted octanol–water partition coefficient (Wildman–Crippen LogP) is 4.24. The van der Waals surface area contributed by atoms with Crippen LogP contribution in [0.3, 0.4) is 0 Å². The zero-order valence-electron chi connectivity index (χ0n) is 11.8. The summed E-state index contributed by atoms with van der Waals surface area (Å²) in [6, 6.07) is 5.46. The van der Waals surface area contributed by atoms with E-state index in [0.717, 1.165) is 5.56 Å². The number of hydrogen-bond acceptors (Lipinski definition) is 3. The van der Waals surface area contributed by atoms with Crippen LogP contribution in [-0.2, 0) is 9.53 Å². The third-order valence-electron chi connectivity index (χ3n) is 3.15. The van der Waals surface area contributed by atoms with E-state index in [9.17, 15) is 4.79 Å². The molecule has 1 atom stereocenters. The van der Waals surface area contributed by atoms with Gasteiger partial charge in [0.25, 0.3) is 0 Å². The average Bonchev–Trinajstić information content (AvgIpc) is 2.86. The summed E-state index contributed by atoms with van der Waals surface area (Å²) in [6.45, 7) is 4.10. The molecule has 2 aromatic rings. The van der Waals surface area contributed by atoms with Crippen molar-refractivity contribution in [1.82, 2.24) is 9.78 Å². The van der Waals surface area contributed by atoms with Crippen molar-refractivity contribution in [3.8, 4) is 5.69 Å². The second kappa shape index (κ2) is 6.96. The van der Waals surface area contributed by atoms with E-state index < -0.39 is 0 Å². The van der Waals surface area contributed by atoms with Crippen molar-refractivity contribution < 1.29 is 9.53 Å². The highest BCUT2D eigenvalue weighted by atomic mass is 35.5. The number of carbonyl (C=O) groups is 1. The Morgan fingerprint density at radius 3 is 2.67 bits per heavy atom. The van der Waals surface area contributed by atoms with Crippen LogP contribution in [0.1, 0.15) is 31.7 Å². The summed E-state index contributed by atoms with van der Waals surface area (Å²) in [5.74, 6) is -0.538. The average molecular weight is 327 g/mol. The van der Waals surface area contributed by atoms with Gasteiger partial charge in [0, 0.05) is 6.20 Å². The molecule has 4 nitrogen and oxygen atoms in total. The Hall–Kier alpha value is -1.52. The minimum Gasteiger partial charge on any atom is -0.466 e. The number of carbonyl (C=O) groups excluding carboxylic acids is 1. The van der Waals surface area contributed by atoms with Crippen LogP contribution < -0.4 is 0 Å². The quantitative estimate of drug-likeness (QED) is 0.772. The maximum atomic E-state index is 11.9. The van der Waals surface area contributed by atoms with E-state index in [1.165, 1.54) is 0 Å². The molecule has 112 valence electrons. The van der Waals surface area contributed by atoms with Crippen LogP contribution in [0.2, 0.25) is 10.0 Å². The Morgan fingerprint density at radius 2 is 2.14 bits per heavy atom. The summed E-state index contributed by atoms with van der Waals surface area (Å²) >= 11 is 12.2. The van der Waals surface area contributed by atoms with Crippen molar-refractivity contribution in [1.29, 1.82) is 0 Å². The number of nitrogens with zero attached hydrogens (tertiary/aromatic N) is 2. The van der Waals surface area contributed by atoms with Gasteiger partial charge >= 0.3 is 5.97 Å². The smallest absolute Gasteiger partial charge is 0.313 e. The summed E-state index contributed by atoms with van der Waals surface area (Å²) < 4.78 is 6.69. The van der Waals surface area contributed by atoms with Gasteiger partial charge in [0.15, 0.2) is 0 Å². The lowest BCUT2D eigenvalue weighted by molar-refractivity contribution is -0.145. The van der Waals surface area contributed by atoms with Gasteiger partial charge in [-0.3, -0.25) is 4.79 Å². The van der Waals surface area contributed by atoms with Crippen LogP contribution in [0.25, 0.3) is 5.69 Å². The van der Waals surface area contributed by atoms with Crippen molar-refractivity contribution >= 4 is 29.2 Å². The normalized spacial score (nSPS) is 12.2. The number of ether oxygens (including phenoxy) is 1. The van der Waals surface area contributed by atoms with Gasteiger partial charge in [0.2, 0.25) is 0 Å². The highest BCUT2D eigenvalue weighted by molar-refractivity contribution is 6.32. The van der Waals surface area contributed by atoms with Crippen LogP contribution in [0, 0.1) is 0 Å². The summed E-state index contributed by atoms with van der Waals surface area (Å²) in [4.78, 5) is 11.9. The molecule has 21 heavy (non-hydrogen) atoms. The Morgan fingerprint density at radius 1 is 1.38 bits per heavy atom. The van der Waals surface area contributed by atoms with Gasteiger partial charge in [-0.2, -0.15) is 5.10 Å². The Kier molecular flexibility index (Phi) is 5.26. The van der Waals surface area contributed by atoms with Crippen LogP contribution in [0.4, 0.5) is 0 Å². The van der Waals surface area contributed by atoms with E-state index in [4.69, 9.17) is 27.9 Å². The molecule has 0 saturated carbocycles. The molecule has 0 aliphatic carbocycles. The van der Waals surface area contributed by atoms with Gasteiger partial charge in [-0.05, 0) is 31.0 Å². The molecule has 1 aromatic carbocycles. The first kappa shape index (κ1) is 15.9. The first-order valence-corrected chi connectivity index (χ1v) is 7.49. The maximum absolute atomic E-state index is 11.9. The van der Waals surface area contributed by atoms with Crippen LogP contribution in [0.5, 0.6) is 0 Å². The lowest BCUT2D eigenvalue weighted by Crippen LogP contribution is -2.15. The molecular formula is C15H16Cl2N2O2. The Balaban J connectivity index is 2.31. The second-order valence-electron chi connectivity index (χ2n) is 4.53. The van der Waals surface area contributed by atoms with E-state index in [1.54, 1.807) is 30.1 Å². The summed E-state index contributed by atoms with van der Waals surface area (Å²) in [5.41, 5.74) is 1.55. The summed E-state index contributed by atoms with van der Waals surface area (Å²) in [7, 11) is 0. The number of aromatic nitrogens is 2. The number of rotatable bonds is 5. The number of benzene rings is 1. The standard InChI is InChI=1S/C15H16Cl2N2O2/c1-3-12(15(20)21-4-2)10-5-6-14(13(17)7-10)19-9-11(16)8-18-19/h5-9,12H,3-4H2,1-2H3. The minimum atomic E-state index is -0.308. The minimum absolute atomic E-state index is 0.231. The molecule has 0 radical (unpaired) electrons. The molecule has 2 rings (SSSR count). The SMILES string of the molecule is CCOC(=O)C(CC)c1ccc(-n2cc(Cl)cn2)c(Cl)c1. The summed E-state index contributed by atoms with van der Waals surface area (Å²) in [5, 5.41) is 5.16. The Labute approximate surface area is 133 Å². The monoisotopic (exact) mass is 326 g/mol. The maximum Gasteiger partial charge on any atom is 0.313 e. The fraction of sp³-hybridized carbons (Fsp3) is 0.333. The first-order chi connectivity index (χ1) is 10.1. The topological polar surface area (TPSA) is 44.1 Å². The zero-order chi connectivity index (χ0) is 15.4. The molecule has 0 saturated heterocycles. The molecule has 0 aliphatic heterocycles. The fourth-order valence-corrected chi connectivity index (χ4v) is 2.55. The van der Waals surface area contributed by atoms with Gasteiger partial charge in [-0.25, -0.2) is 4.68 Å². The third kappa shape index (κ3) is 3.57. The van der Waals surface area contributed by atoms with Gasteiger partial charge in [0.1, 0.15) is 0 Å². The van der Waals surface area contributed by atoms with Crippen molar-refractivity contribution in [2.45, 2.75) is 26.2 Å². The van der Waals surface area contributed by atoms with Crippen molar-refractivity contribution in [3.63, 3.8) is 0 Å². The van der Waals surface area contributed by atoms with E-state index in [1.807, 2.05) is 19.1 Å². The summed E-state index contributed by atoms with van der Waals surface area (Å²) in [6.07, 6.45) is 3.87. The van der Waals surface area contributed by atoms with Gasteiger partial charge < -0.3 is 4.74 Å². The largest absolute Gasteiger partial charge is 0.466 e.